The van der Waals surface area contributed by atoms with Crippen LogP contribution >= 0.6 is 0 Å². The lowest BCUT2D eigenvalue weighted by Gasteiger charge is -2.11. The SMILES string of the molecule is O=C1N[C@H]([C@@H](O)CO)CO1. The molecule has 0 saturated carbocycles. The second kappa shape index (κ2) is 2.85. The van der Waals surface area contributed by atoms with E-state index in [1.807, 2.05) is 0 Å². The number of hydrogen-bond donors (Lipinski definition) is 3. The van der Waals surface area contributed by atoms with Crippen molar-refractivity contribution in [2.45, 2.75) is 12.1 Å². The third kappa shape index (κ3) is 1.37. The number of alkyl carbamates (subject to hydrolysis) is 1. The molecule has 5 heteroatoms. The molecule has 1 saturated heterocycles. The van der Waals surface area contributed by atoms with Gasteiger partial charge in [-0.05, 0) is 0 Å². The van der Waals surface area contributed by atoms with Gasteiger partial charge in [0.05, 0.1) is 12.6 Å². The van der Waals surface area contributed by atoms with Gasteiger partial charge in [-0.15, -0.1) is 0 Å². The van der Waals surface area contributed by atoms with E-state index in [0.29, 0.717) is 0 Å². The molecule has 1 aliphatic heterocycles. The lowest BCUT2D eigenvalue weighted by atomic mass is 10.2. The quantitative estimate of drug-likeness (QED) is 0.441. The van der Waals surface area contributed by atoms with Crippen LogP contribution < -0.4 is 5.32 Å². The highest BCUT2D eigenvalue weighted by atomic mass is 16.6. The fraction of sp³-hybridized carbons (Fsp3) is 0.800. The summed E-state index contributed by atoms with van der Waals surface area (Å²) in [7, 11) is 0. The third-order valence-corrected chi connectivity index (χ3v) is 1.35. The van der Waals surface area contributed by atoms with Crippen molar-refractivity contribution in [3.63, 3.8) is 0 Å². The highest BCUT2D eigenvalue weighted by molar-refractivity contribution is 5.69. The average Bonchev–Trinajstić information content (AvgIpc) is 2.34. The number of hydrogen-bond acceptors (Lipinski definition) is 4. The molecule has 1 amide bonds. The minimum atomic E-state index is -0.925. The zero-order valence-electron chi connectivity index (χ0n) is 5.28. The first-order valence-electron chi connectivity index (χ1n) is 2.96. The third-order valence-electron chi connectivity index (χ3n) is 1.35. The van der Waals surface area contributed by atoms with Crippen molar-refractivity contribution in [3.05, 3.63) is 0 Å². The van der Waals surface area contributed by atoms with E-state index in [9.17, 15) is 4.79 Å². The zero-order chi connectivity index (χ0) is 7.56. The summed E-state index contributed by atoms with van der Waals surface area (Å²) in [5.41, 5.74) is 0. The van der Waals surface area contributed by atoms with Crippen LogP contribution in [-0.4, -0.2) is 41.7 Å². The Bertz CT molecular complexity index is 138. The Hall–Kier alpha value is -0.810. The van der Waals surface area contributed by atoms with Crippen LogP contribution in [0.25, 0.3) is 0 Å². The maximum atomic E-state index is 10.3. The fourth-order valence-electron chi connectivity index (χ4n) is 0.735. The highest BCUT2D eigenvalue weighted by Crippen LogP contribution is 2.01. The van der Waals surface area contributed by atoms with Crippen LogP contribution in [0, 0.1) is 0 Å². The zero-order valence-corrected chi connectivity index (χ0v) is 5.28. The van der Waals surface area contributed by atoms with Crippen LogP contribution in [0.1, 0.15) is 0 Å². The van der Waals surface area contributed by atoms with Crippen LogP contribution in [0.4, 0.5) is 4.79 Å². The van der Waals surface area contributed by atoms with E-state index in [4.69, 9.17) is 10.2 Å². The Morgan fingerprint density at radius 2 is 2.60 bits per heavy atom. The lowest BCUT2D eigenvalue weighted by molar-refractivity contribution is 0.0642. The fourth-order valence-corrected chi connectivity index (χ4v) is 0.735. The van der Waals surface area contributed by atoms with Gasteiger partial charge in [0.15, 0.2) is 0 Å². The Kier molecular flexibility index (Phi) is 2.08. The summed E-state index contributed by atoms with van der Waals surface area (Å²) in [6.07, 6.45) is -1.47. The standard InChI is InChI=1S/C5H9NO4/c7-1-4(8)3-2-10-5(9)6-3/h3-4,7-8H,1-2H2,(H,6,9)/t3-,4-/m0/s1. The van der Waals surface area contributed by atoms with Gasteiger partial charge in [-0.25, -0.2) is 4.79 Å². The predicted molar refractivity (Wildman–Crippen MR) is 31.4 cm³/mol. The Balaban J connectivity index is 2.36. The van der Waals surface area contributed by atoms with E-state index in [1.54, 1.807) is 0 Å². The smallest absolute Gasteiger partial charge is 0.407 e. The van der Waals surface area contributed by atoms with Crippen LogP contribution in [0.5, 0.6) is 0 Å². The number of carbonyl (C=O) groups is 1. The largest absolute Gasteiger partial charge is 0.447 e. The normalized spacial score (nSPS) is 27.4. The highest BCUT2D eigenvalue weighted by Gasteiger charge is 2.27. The molecular weight excluding hydrogens is 138 g/mol. The summed E-state index contributed by atoms with van der Waals surface area (Å²) >= 11 is 0. The van der Waals surface area contributed by atoms with Crippen LogP contribution in [-0.2, 0) is 4.74 Å². The van der Waals surface area contributed by atoms with Gasteiger partial charge < -0.3 is 20.3 Å². The van der Waals surface area contributed by atoms with Crippen molar-refractivity contribution in [2.75, 3.05) is 13.2 Å². The number of amides is 1. The molecule has 0 unspecified atom stereocenters. The van der Waals surface area contributed by atoms with Crippen molar-refractivity contribution < 1.29 is 19.7 Å². The minimum absolute atomic E-state index is 0.126. The topological polar surface area (TPSA) is 78.8 Å². The van der Waals surface area contributed by atoms with Crippen molar-refractivity contribution in [3.8, 4) is 0 Å². The van der Waals surface area contributed by atoms with Crippen molar-refractivity contribution in [1.29, 1.82) is 0 Å². The summed E-state index contributed by atoms with van der Waals surface area (Å²) in [6, 6.07) is -0.461. The van der Waals surface area contributed by atoms with Gasteiger partial charge in [-0.3, -0.25) is 0 Å². The van der Waals surface area contributed by atoms with Crippen molar-refractivity contribution >= 4 is 6.09 Å². The first-order valence-corrected chi connectivity index (χ1v) is 2.96. The molecule has 1 aliphatic rings. The number of rotatable bonds is 2. The molecule has 0 aromatic rings. The first-order chi connectivity index (χ1) is 4.74. The Morgan fingerprint density at radius 1 is 1.90 bits per heavy atom. The summed E-state index contributed by atoms with van der Waals surface area (Å²) in [6.45, 7) is -0.241. The number of aliphatic hydroxyl groups excluding tert-OH is 2. The monoisotopic (exact) mass is 147 g/mol. The first kappa shape index (κ1) is 7.30. The maximum absolute atomic E-state index is 10.3. The molecule has 1 rings (SSSR count). The summed E-state index contributed by atoms with van der Waals surface area (Å²) in [5, 5.41) is 19.7. The second-order valence-electron chi connectivity index (χ2n) is 2.10. The summed E-state index contributed by atoms with van der Waals surface area (Å²) in [5.74, 6) is 0. The average molecular weight is 147 g/mol. The molecular formula is C5H9NO4. The van der Waals surface area contributed by atoms with Gasteiger partial charge in [0.25, 0.3) is 0 Å². The van der Waals surface area contributed by atoms with Crippen molar-refractivity contribution in [1.82, 2.24) is 5.32 Å². The van der Waals surface area contributed by atoms with E-state index in [0.717, 1.165) is 0 Å². The van der Waals surface area contributed by atoms with E-state index in [1.165, 1.54) is 0 Å². The summed E-state index contributed by atoms with van der Waals surface area (Å²) in [4.78, 5) is 10.3. The number of cyclic esters (lactones) is 1. The van der Waals surface area contributed by atoms with Gasteiger partial charge in [-0.1, -0.05) is 0 Å². The second-order valence-corrected chi connectivity index (χ2v) is 2.10. The van der Waals surface area contributed by atoms with Crippen LogP contribution in [0.15, 0.2) is 0 Å². The van der Waals surface area contributed by atoms with Gasteiger partial charge >= 0.3 is 6.09 Å². The van der Waals surface area contributed by atoms with Crippen LogP contribution in [0.2, 0.25) is 0 Å². The number of carbonyl (C=O) groups excluding carboxylic acids is 1. The molecule has 1 heterocycles. The maximum Gasteiger partial charge on any atom is 0.407 e. The van der Waals surface area contributed by atoms with Crippen molar-refractivity contribution in [2.24, 2.45) is 0 Å². The minimum Gasteiger partial charge on any atom is -0.447 e. The van der Waals surface area contributed by atoms with Gasteiger partial charge in [0.1, 0.15) is 12.7 Å². The molecule has 1 fully saturated rings. The molecule has 3 N–H and O–H groups in total. The molecule has 10 heavy (non-hydrogen) atoms. The molecule has 0 aromatic carbocycles. The molecule has 58 valence electrons. The van der Waals surface area contributed by atoms with E-state index >= 15 is 0 Å². The van der Waals surface area contributed by atoms with E-state index in [-0.39, 0.29) is 13.2 Å². The van der Waals surface area contributed by atoms with Gasteiger partial charge in [-0.2, -0.15) is 0 Å². The Morgan fingerprint density at radius 3 is 3.00 bits per heavy atom. The summed E-state index contributed by atoms with van der Waals surface area (Å²) < 4.78 is 4.47. The number of ether oxygens (including phenoxy) is 1. The molecule has 0 aromatic heterocycles. The number of nitrogens with one attached hydrogen (secondary N) is 1. The molecule has 0 radical (unpaired) electrons. The molecule has 0 aliphatic carbocycles. The van der Waals surface area contributed by atoms with Crippen LogP contribution in [0.3, 0.4) is 0 Å². The lowest BCUT2D eigenvalue weighted by Crippen LogP contribution is -2.40. The molecule has 5 nitrogen and oxygen atoms in total. The van der Waals surface area contributed by atoms with Gasteiger partial charge in [0, 0.05) is 0 Å². The Labute approximate surface area is 57.6 Å². The van der Waals surface area contributed by atoms with E-state index in [2.05, 4.69) is 10.1 Å². The number of aliphatic hydroxyl groups is 2. The predicted octanol–water partition coefficient (Wildman–Crippen LogP) is -1.55. The molecule has 0 spiro atoms. The van der Waals surface area contributed by atoms with E-state index < -0.39 is 18.2 Å². The molecule has 2 atom stereocenters. The molecule has 0 bridgehead atoms. The van der Waals surface area contributed by atoms with Gasteiger partial charge in [0.2, 0.25) is 0 Å².